The summed E-state index contributed by atoms with van der Waals surface area (Å²) in [5.41, 5.74) is 5.81. The summed E-state index contributed by atoms with van der Waals surface area (Å²) in [6.07, 6.45) is 4.23. The third-order valence-corrected chi connectivity index (χ3v) is 3.84. The van der Waals surface area contributed by atoms with Gasteiger partial charge in [-0.2, -0.15) is 15.0 Å². The van der Waals surface area contributed by atoms with Crippen molar-refractivity contribution in [3.63, 3.8) is 0 Å². The summed E-state index contributed by atoms with van der Waals surface area (Å²) in [5, 5.41) is 12.4. The number of aliphatic hydroxyl groups is 1. The lowest BCUT2D eigenvalue weighted by atomic mass is 10.0. The molecule has 7 heteroatoms. The van der Waals surface area contributed by atoms with Crippen LogP contribution in [0.15, 0.2) is 0 Å². The first-order chi connectivity index (χ1) is 10.1. The van der Waals surface area contributed by atoms with Crippen LogP contribution in [0.25, 0.3) is 0 Å². The highest BCUT2D eigenvalue weighted by molar-refractivity contribution is 5.42. The third kappa shape index (κ3) is 4.42. The zero-order valence-corrected chi connectivity index (χ0v) is 12.9. The summed E-state index contributed by atoms with van der Waals surface area (Å²) in [6.45, 7) is 6.27. The Hall–Kier alpha value is -1.63. The van der Waals surface area contributed by atoms with E-state index >= 15 is 0 Å². The Morgan fingerprint density at radius 2 is 1.90 bits per heavy atom. The Morgan fingerprint density at radius 1 is 1.19 bits per heavy atom. The van der Waals surface area contributed by atoms with Crippen LogP contribution >= 0.6 is 0 Å². The van der Waals surface area contributed by atoms with Crippen molar-refractivity contribution < 1.29 is 5.11 Å². The van der Waals surface area contributed by atoms with E-state index in [2.05, 4.69) is 39.0 Å². The summed E-state index contributed by atoms with van der Waals surface area (Å²) in [5.74, 6) is 1.75. The highest BCUT2D eigenvalue weighted by Gasteiger charge is 2.18. The molecule has 4 N–H and O–H groups in total. The minimum atomic E-state index is 0.117. The minimum Gasteiger partial charge on any atom is -0.396 e. The van der Waals surface area contributed by atoms with Gasteiger partial charge in [-0.3, -0.25) is 0 Å². The van der Waals surface area contributed by atoms with Crippen molar-refractivity contribution in [1.29, 1.82) is 0 Å². The van der Waals surface area contributed by atoms with E-state index in [1.807, 2.05) is 0 Å². The summed E-state index contributed by atoms with van der Waals surface area (Å²) in [7, 11) is 0. The molecule has 1 unspecified atom stereocenters. The summed E-state index contributed by atoms with van der Waals surface area (Å²) in [6, 6.07) is 0.117. The van der Waals surface area contributed by atoms with Crippen LogP contribution in [0.3, 0.4) is 0 Å². The fourth-order valence-corrected chi connectivity index (χ4v) is 2.56. The number of nitrogens with one attached hydrogen (secondary N) is 1. The van der Waals surface area contributed by atoms with Crippen molar-refractivity contribution in [1.82, 2.24) is 15.0 Å². The van der Waals surface area contributed by atoms with Gasteiger partial charge < -0.3 is 21.1 Å². The molecule has 1 fully saturated rings. The van der Waals surface area contributed by atoms with Crippen LogP contribution in [0, 0.1) is 5.92 Å². The van der Waals surface area contributed by atoms with E-state index in [4.69, 9.17) is 10.8 Å². The maximum absolute atomic E-state index is 9.15. The highest BCUT2D eigenvalue weighted by atomic mass is 16.3. The molecule has 0 amide bonds. The Kier molecular flexibility index (Phi) is 5.55. The second-order valence-corrected chi connectivity index (χ2v) is 5.87. The third-order valence-electron chi connectivity index (χ3n) is 3.84. The lowest BCUT2D eigenvalue weighted by molar-refractivity contribution is 0.267. The molecular formula is C14H26N6O. The first kappa shape index (κ1) is 15.8. The lowest BCUT2D eigenvalue weighted by Crippen LogP contribution is -2.32. The smallest absolute Gasteiger partial charge is 0.231 e. The number of rotatable bonds is 6. The molecule has 7 nitrogen and oxygen atoms in total. The van der Waals surface area contributed by atoms with Gasteiger partial charge in [0.1, 0.15) is 0 Å². The van der Waals surface area contributed by atoms with Crippen molar-refractivity contribution >= 4 is 17.8 Å². The molecule has 1 aromatic heterocycles. The highest BCUT2D eigenvalue weighted by Crippen LogP contribution is 2.19. The number of anilines is 3. The molecule has 0 aliphatic carbocycles. The first-order valence-electron chi connectivity index (χ1n) is 7.74. The molecule has 0 bridgehead atoms. The maximum Gasteiger partial charge on any atom is 0.231 e. The van der Waals surface area contributed by atoms with E-state index < -0.39 is 0 Å². The van der Waals surface area contributed by atoms with E-state index in [1.165, 1.54) is 6.42 Å². The molecule has 118 valence electrons. The van der Waals surface area contributed by atoms with Crippen LogP contribution < -0.4 is 16.0 Å². The molecule has 2 heterocycles. The number of nitrogens with zero attached hydrogens (tertiary/aromatic N) is 4. The van der Waals surface area contributed by atoms with Crippen LogP contribution in [0.2, 0.25) is 0 Å². The van der Waals surface area contributed by atoms with Gasteiger partial charge in [-0.1, -0.05) is 13.8 Å². The van der Waals surface area contributed by atoms with Crippen LogP contribution in [0.5, 0.6) is 0 Å². The van der Waals surface area contributed by atoms with Gasteiger partial charge in [0.2, 0.25) is 17.8 Å². The van der Waals surface area contributed by atoms with E-state index in [0.717, 1.165) is 25.9 Å². The lowest BCUT2D eigenvalue weighted by Gasteiger charge is -2.27. The Labute approximate surface area is 126 Å². The Morgan fingerprint density at radius 3 is 2.52 bits per heavy atom. The van der Waals surface area contributed by atoms with E-state index in [9.17, 15) is 0 Å². The van der Waals surface area contributed by atoms with E-state index in [-0.39, 0.29) is 18.6 Å². The van der Waals surface area contributed by atoms with Crippen molar-refractivity contribution in [3.8, 4) is 0 Å². The Balaban J connectivity index is 2.13. The van der Waals surface area contributed by atoms with Crippen LogP contribution in [0.1, 0.15) is 39.5 Å². The van der Waals surface area contributed by atoms with Crippen LogP contribution in [-0.2, 0) is 0 Å². The molecule has 1 saturated heterocycles. The maximum atomic E-state index is 9.15. The van der Waals surface area contributed by atoms with Crippen LogP contribution in [-0.4, -0.2) is 45.8 Å². The number of nitrogen functional groups attached to an aromatic ring is 1. The standard InChI is InChI=1S/C14H26N6O/c1-10(2)11(6-9-21)16-13-17-12(15)18-14(19-13)20-7-4-3-5-8-20/h10-11,21H,3-9H2,1-2H3,(H3,15,16,17,18,19). The fourth-order valence-electron chi connectivity index (χ4n) is 2.56. The molecule has 0 aromatic carbocycles. The summed E-state index contributed by atoms with van der Waals surface area (Å²) in [4.78, 5) is 15.1. The largest absolute Gasteiger partial charge is 0.396 e. The van der Waals surface area contributed by atoms with Crippen molar-refractivity contribution in [3.05, 3.63) is 0 Å². The molecule has 1 atom stereocenters. The molecule has 1 aliphatic heterocycles. The number of aromatic nitrogens is 3. The summed E-state index contributed by atoms with van der Waals surface area (Å²) >= 11 is 0. The topological polar surface area (TPSA) is 100 Å². The van der Waals surface area contributed by atoms with Gasteiger partial charge in [0.15, 0.2) is 0 Å². The van der Waals surface area contributed by atoms with Gasteiger partial charge in [-0.05, 0) is 31.6 Å². The molecular weight excluding hydrogens is 268 g/mol. The number of aliphatic hydroxyl groups excluding tert-OH is 1. The minimum absolute atomic E-state index is 0.117. The molecule has 0 radical (unpaired) electrons. The second-order valence-electron chi connectivity index (χ2n) is 5.87. The number of hydrogen-bond donors (Lipinski definition) is 3. The SMILES string of the molecule is CC(C)C(CCO)Nc1nc(N)nc(N2CCCCC2)n1. The molecule has 1 aromatic rings. The zero-order chi connectivity index (χ0) is 15.2. The zero-order valence-electron chi connectivity index (χ0n) is 12.9. The van der Waals surface area contributed by atoms with Crippen molar-refractivity contribution in [2.45, 2.75) is 45.6 Å². The number of hydrogen-bond acceptors (Lipinski definition) is 7. The monoisotopic (exact) mass is 294 g/mol. The van der Waals surface area contributed by atoms with Crippen molar-refractivity contribution in [2.75, 3.05) is 35.6 Å². The van der Waals surface area contributed by atoms with Gasteiger partial charge in [0, 0.05) is 25.7 Å². The second kappa shape index (κ2) is 7.40. The molecule has 0 spiro atoms. The Bertz CT molecular complexity index is 447. The number of nitrogens with two attached hydrogens (primary N) is 1. The number of piperidine rings is 1. The molecule has 0 saturated carbocycles. The van der Waals surface area contributed by atoms with Gasteiger partial charge in [0.05, 0.1) is 0 Å². The fraction of sp³-hybridized carbons (Fsp3) is 0.786. The molecule has 2 rings (SSSR count). The predicted molar refractivity (Wildman–Crippen MR) is 84.3 cm³/mol. The van der Waals surface area contributed by atoms with Crippen molar-refractivity contribution in [2.24, 2.45) is 5.92 Å². The average Bonchev–Trinajstić information content (AvgIpc) is 2.47. The quantitative estimate of drug-likeness (QED) is 0.726. The van der Waals surface area contributed by atoms with Gasteiger partial charge in [0.25, 0.3) is 0 Å². The predicted octanol–water partition coefficient (Wildman–Crippen LogP) is 1.26. The summed E-state index contributed by atoms with van der Waals surface area (Å²) < 4.78 is 0. The van der Waals surface area contributed by atoms with Gasteiger partial charge >= 0.3 is 0 Å². The van der Waals surface area contributed by atoms with Gasteiger partial charge in [-0.15, -0.1) is 0 Å². The normalized spacial score (nSPS) is 17.0. The van der Waals surface area contributed by atoms with E-state index in [0.29, 0.717) is 24.2 Å². The van der Waals surface area contributed by atoms with E-state index in [1.54, 1.807) is 0 Å². The van der Waals surface area contributed by atoms with Gasteiger partial charge in [-0.25, -0.2) is 0 Å². The molecule has 21 heavy (non-hydrogen) atoms. The average molecular weight is 294 g/mol. The first-order valence-corrected chi connectivity index (χ1v) is 7.74. The van der Waals surface area contributed by atoms with Crippen LogP contribution in [0.4, 0.5) is 17.8 Å². The molecule has 1 aliphatic rings.